The Balaban J connectivity index is 1.83. The van der Waals surface area contributed by atoms with E-state index in [1.807, 2.05) is 43.3 Å². The van der Waals surface area contributed by atoms with Gasteiger partial charge in [-0.05, 0) is 31.2 Å². The fraction of sp³-hybridized carbons (Fsp3) is 0.100. The number of hydrogen-bond acceptors (Lipinski definition) is 5. The lowest BCUT2D eigenvalue weighted by Crippen LogP contribution is -2.01. The van der Waals surface area contributed by atoms with Gasteiger partial charge in [-0.25, -0.2) is 4.79 Å². The van der Waals surface area contributed by atoms with Crippen molar-refractivity contribution in [3.05, 3.63) is 65.7 Å². The van der Waals surface area contributed by atoms with E-state index in [0.717, 1.165) is 16.7 Å². The summed E-state index contributed by atoms with van der Waals surface area (Å²) in [7, 11) is 1.44. The number of aryl methyl sites for hydroxylation is 1. The molecule has 0 aliphatic carbocycles. The number of aromatic nitrogens is 4. The molecule has 0 aliphatic heterocycles. The minimum absolute atomic E-state index is 0.104. The molecule has 0 spiro atoms. The van der Waals surface area contributed by atoms with Gasteiger partial charge in [-0.2, -0.15) is 9.61 Å². The molecule has 4 rings (SSSR count). The molecule has 0 aliphatic rings. The van der Waals surface area contributed by atoms with Gasteiger partial charge in [0, 0.05) is 11.1 Å². The van der Waals surface area contributed by atoms with Crippen molar-refractivity contribution in [2.24, 2.45) is 0 Å². The number of fused-ring (bicyclic) bond motifs is 1. The lowest BCUT2D eigenvalue weighted by atomic mass is 10.1. The molecule has 134 valence electrons. The number of aromatic carboxylic acids is 1. The molecule has 1 N–H and O–H groups in total. The molecular formula is C20H16N4O3. The Morgan fingerprint density at radius 3 is 2.44 bits per heavy atom. The lowest BCUT2D eigenvalue weighted by molar-refractivity contribution is 0.0693. The van der Waals surface area contributed by atoms with Crippen LogP contribution in [0, 0.1) is 6.92 Å². The molecule has 0 bridgehead atoms. The minimum atomic E-state index is -1.04. The summed E-state index contributed by atoms with van der Waals surface area (Å²) >= 11 is 0. The molecule has 2 aromatic heterocycles. The first-order chi connectivity index (χ1) is 13.1. The Bertz CT molecular complexity index is 1150. The number of ether oxygens (including phenoxy) is 1. The van der Waals surface area contributed by atoms with Gasteiger partial charge < -0.3 is 9.84 Å². The van der Waals surface area contributed by atoms with Gasteiger partial charge in [0.25, 0.3) is 0 Å². The van der Waals surface area contributed by atoms with E-state index in [1.54, 1.807) is 16.6 Å². The molecule has 2 aromatic carbocycles. The average molecular weight is 360 g/mol. The maximum atomic E-state index is 11.3. The third kappa shape index (κ3) is 2.99. The highest BCUT2D eigenvalue weighted by atomic mass is 16.5. The van der Waals surface area contributed by atoms with Crippen LogP contribution >= 0.6 is 0 Å². The molecule has 0 unspecified atom stereocenters. The summed E-state index contributed by atoms with van der Waals surface area (Å²) in [4.78, 5) is 11.3. The van der Waals surface area contributed by atoms with Crippen molar-refractivity contribution in [1.82, 2.24) is 19.8 Å². The molecule has 0 saturated heterocycles. The Labute approximate surface area is 154 Å². The van der Waals surface area contributed by atoms with Gasteiger partial charge >= 0.3 is 5.97 Å². The zero-order chi connectivity index (χ0) is 19.0. The molecule has 2 heterocycles. The van der Waals surface area contributed by atoms with Gasteiger partial charge in [-0.15, -0.1) is 10.2 Å². The van der Waals surface area contributed by atoms with E-state index in [0.29, 0.717) is 17.2 Å². The average Bonchev–Trinajstić information content (AvgIpc) is 3.11. The molecule has 27 heavy (non-hydrogen) atoms. The summed E-state index contributed by atoms with van der Waals surface area (Å²) in [5, 5.41) is 22.3. The largest absolute Gasteiger partial charge is 0.496 e. The van der Waals surface area contributed by atoms with Crippen LogP contribution in [0.4, 0.5) is 0 Å². The number of benzene rings is 2. The van der Waals surface area contributed by atoms with Crippen molar-refractivity contribution >= 4 is 11.6 Å². The number of hydrogen-bond donors (Lipinski definition) is 1. The summed E-state index contributed by atoms with van der Waals surface area (Å²) in [5.41, 5.74) is 4.20. The lowest BCUT2D eigenvalue weighted by Gasteiger charge is -2.08. The number of rotatable bonds is 4. The SMILES string of the molecule is COc1cc(-c2ccc3nnc(-c4ccc(C)cc4)n3n2)ccc1C(=O)O. The molecule has 7 heteroatoms. The van der Waals surface area contributed by atoms with Crippen LogP contribution in [-0.4, -0.2) is 38.0 Å². The van der Waals surface area contributed by atoms with Gasteiger partial charge in [-0.3, -0.25) is 0 Å². The van der Waals surface area contributed by atoms with Crippen LogP contribution in [0.5, 0.6) is 5.75 Å². The first-order valence-electron chi connectivity index (χ1n) is 8.28. The van der Waals surface area contributed by atoms with Crippen molar-refractivity contribution < 1.29 is 14.6 Å². The number of carbonyl (C=O) groups is 1. The van der Waals surface area contributed by atoms with E-state index in [2.05, 4.69) is 15.3 Å². The van der Waals surface area contributed by atoms with Gasteiger partial charge in [-0.1, -0.05) is 35.9 Å². The van der Waals surface area contributed by atoms with E-state index in [1.165, 1.54) is 13.2 Å². The summed E-state index contributed by atoms with van der Waals surface area (Å²) < 4.78 is 6.88. The smallest absolute Gasteiger partial charge is 0.339 e. The normalized spacial score (nSPS) is 10.9. The Morgan fingerprint density at radius 1 is 1.00 bits per heavy atom. The van der Waals surface area contributed by atoms with Crippen molar-refractivity contribution in [3.8, 4) is 28.4 Å². The highest BCUT2D eigenvalue weighted by molar-refractivity contribution is 5.91. The Kier molecular flexibility index (Phi) is 4.04. The number of methoxy groups -OCH3 is 1. The topological polar surface area (TPSA) is 89.6 Å². The number of nitrogens with zero attached hydrogens (tertiary/aromatic N) is 4. The molecule has 0 fully saturated rings. The molecular weight excluding hydrogens is 344 g/mol. The van der Waals surface area contributed by atoms with Crippen LogP contribution in [0.1, 0.15) is 15.9 Å². The highest BCUT2D eigenvalue weighted by Crippen LogP contribution is 2.27. The van der Waals surface area contributed by atoms with Crippen molar-refractivity contribution in [2.75, 3.05) is 7.11 Å². The van der Waals surface area contributed by atoms with Gasteiger partial charge in [0.15, 0.2) is 11.5 Å². The fourth-order valence-electron chi connectivity index (χ4n) is 2.85. The molecule has 0 atom stereocenters. The van der Waals surface area contributed by atoms with Crippen molar-refractivity contribution in [2.45, 2.75) is 6.92 Å². The van der Waals surface area contributed by atoms with E-state index in [-0.39, 0.29) is 11.3 Å². The standard InChI is InChI=1S/C20H16N4O3/c1-12-3-5-13(6-4-12)19-22-21-18-10-9-16(23-24(18)19)14-7-8-15(20(25)26)17(11-14)27-2/h3-11H,1-2H3,(H,25,26). The third-order valence-electron chi connectivity index (χ3n) is 4.30. The summed E-state index contributed by atoms with van der Waals surface area (Å²) in [6.07, 6.45) is 0. The maximum Gasteiger partial charge on any atom is 0.339 e. The second-order valence-electron chi connectivity index (χ2n) is 6.10. The first kappa shape index (κ1) is 16.7. The van der Waals surface area contributed by atoms with E-state index in [4.69, 9.17) is 4.74 Å². The molecule has 0 radical (unpaired) electrons. The van der Waals surface area contributed by atoms with Crippen molar-refractivity contribution in [3.63, 3.8) is 0 Å². The Hall–Kier alpha value is -3.74. The maximum absolute atomic E-state index is 11.3. The third-order valence-corrected chi connectivity index (χ3v) is 4.30. The van der Waals surface area contributed by atoms with E-state index < -0.39 is 5.97 Å². The van der Waals surface area contributed by atoms with E-state index >= 15 is 0 Å². The van der Waals surface area contributed by atoms with E-state index in [9.17, 15) is 9.90 Å². The van der Waals surface area contributed by atoms with Crippen LogP contribution < -0.4 is 4.74 Å². The summed E-state index contributed by atoms with van der Waals surface area (Å²) in [6, 6.07) is 16.5. The van der Waals surface area contributed by atoms with Crippen LogP contribution in [0.25, 0.3) is 28.3 Å². The van der Waals surface area contributed by atoms with Gasteiger partial charge in [0.1, 0.15) is 11.3 Å². The second kappa shape index (κ2) is 6.53. The number of carboxylic acid groups (broad SMARTS) is 1. The van der Waals surface area contributed by atoms with Gasteiger partial charge in [0.2, 0.25) is 0 Å². The molecule has 0 amide bonds. The zero-order valence-corrected chi connectivity index (χ0v) is 14.7. The minimum Gasteiger partial charge on any atom is -0.496 e. The fourth-order valence-corrected chi connectivity index (χ4v) is 2.85. The predicted octanol–water partition coefficient (Wildman–Crippen LogP) is 3.47. The van der Waals surface area contributed by atoms with Crippen LogP contribution in [0.2, 0.25) is 0 Å². The summed E-state index contributed by atoms with van der Waals surface area (Å²) in [6.45, 7) is 2.02. The summed E-state index contributed by atoms with van der Waals surface area (Å²) in [5.74, 6) is -0.118. The monoisotopic (exact) mass is 360 g/mol. The second-order valence-corrected chi connectivity index (χ2v) is 6.10. The van der Waals surface area contributed by atoms with Crippen molar-refractivity contribution in [1.29, 1.82) is 0 Å². The first-order valence-corrected chi connectivity index (χ1v) is 8.28. The molecule has 7 nitrogen and oxygen atoms in total. The van der Waals surface area contributed by atoms with Crippen LogP contribution in [0.15, 0.2) is 54.6 Å². The van der Waals surface area contributed by atoms with Gasteiger partial charge in [0.05, 0.1) is 12.8 Å². The highest BCUT2D eigenvalue weighted by Gasteiger charge is 2.14. The quantitative estimate of drug-likeness (QED) is 0.599. The zero-order valence-electron chi connectivity index (χ0n) is 14.7. The van der Waals surface area contributed by atoms with Crippen LogP contribution in [-0.2, 0) is 0 Å². The molecule has 0 saturated carbocycles. The predicted molar refractivity (Wildman–Crippen MR) is 99.9 cm³/mol. The Morgan fingerprint density at radius 2 is 1.74 bits per heavy atom. The molecule has 4 aromatic rings. The van der Waals surface area contributed by atoms with Crippen LogP contribution in [0.3, 0.4) is 0 Å². The number of carboxylic acids is 1.